The molecule has 1 aromatic heterocycles. The van der Waals surface area contributed by atoms with Crippen LogP contribution >= 0.6 is 22.6 Å². The van der Waals surface area contributed by atoms with Crippen LogP contribution in [0.3, 0.4) is 0 Å². The summed E-state index contributed by atoms with van der Waals surface area (Å²) in [4.78, 5) is 27.5. The first-order valence-electron chi connectivity index (χ1n) is 4.75. The Labute approximate surface area is 107 Å². The second-order valence-electron chi connectivity index (χ2n) is 3.64. The standard InChI is InChI=1S/C10H14IN3O2/c1-6-7(5-12-10(11)16)8(15)4-9(13-6)14(2)3/h4H,5H2,1-3H3,(H,12,16)(H,13,15). The zero-order valence-electron chi connectivity index (χ0n) is 9.43. The third kappa shape index (κ3) is 3.22. The van der Waals surface area contributed by atoms with Gasteiger partial charge < -0.3 is 15.2 Å². The van der Waals surface area contributed by atoms with Gasteiger partial charge in [0.2, 0.25) is 0 Å². The molecule has 0 radical (unpaired) electrons. The molecule has 0 saturated carbocycles. The van der Waals surface area contributed by atoms with Crippen LogP contribution in [0.1, 0.15) is 11.3 Å². The van der Waals surface area contributed by atoms with Gasteiger partial charge in [-0.2, -0.15) is 0 Å². The molecular formula is C10H14IN3O2. The molecule has 2 N–H and O–H groups in total. The van der Waals surface area contributed by atoms with Crippen LogP contribution in [0.15, 0.2) is 10.9 Å². The minimum atomic E-state index is -0.173. The summed E-state index contributed by atoms with van der Waals surface area (Å²) in [5, 5.41) is 2.61. The first-order chi connectivity index (χ1) is 7.41. The van der Waals surface area contributed by atoms with Crippen molar-refractivity contribution in [2.75, 3.05) is 19.0 Å². The number of aromatic amines is 1. The molecule has 0 bridgehead atoms. The molecule has 1 rings (SSSR count). The van der Waals surface area contributed by atoms with E-state index in [2.05, 4.69) is 10.3 Å². The molecule has 6 heteroatoms. The van der Waals surface area contributed by atoms with Crippen LogP contribution in [0.5, 0.6) is 0 Å². The summed E-state index contributed by atoms with van der Waals surface area (Å²) in [6.45, 7) is 2.08. The largest absolute Gasteiger partial charge is 0.364 e. The Morgan fingerprint density at radius 2 is 2.19 bits per heavy atom. The van der Waals surface area contributed by atoms with E-state index in [4.69, 9.17) is 0 Å². The summed E-state index contributed by atoms with van der Waals surface area (Å²) >= 11 is 1.64. The van der Waals surface area contributed by atoms with Gasteiger partial charge in [0.15, 0.2) is 5.43 Å². The van der Waals surface area contributed by atoms with Crippen LogP contribution in [-0.2, 0) is 6.54 Å². The number of nitrogens with one attached hydrogen (secondary N) is 2. The van der Waals surface area contributed by atoms with Gasteiger partial charge in [-0.25, -0.2) is 0 Å². The number of carbonyl (C=O) groups excluding carboxylic acids is 1. The van der Waals surface area contributed by atoms with Crippen molar-refractivity contribution >= 4 is 32.3 Å². The lowest BCUT2D eigenvalue weighted by atomic mass is 10.2. The zero-order chi connectivity index (χ0) is 12.3. The highest BCUT2D eigenvalue weighted by atomic mass is 127. The molecule has 1 aromatic rings. The van der Waals surface area contributed by atoms with Crippen LogP contribution in [0, 0.1) is 6.92 Å². The number of nitrogens with zero attached hydrogens (tertiary/aromatic N) is 1. The Bertz CT molecular complexity index is 454. The fraction of sp³-hybridized carbons (Fsp3) is 0.400. The van der Waals surface area contributed by atoms with E-state index in [9.17, 15) is 9.59 Å². The molecule has 0 atom stereocenters. The van der Waals surface area contributed by atoms with Gasteiger partial charge in [-0.05, 0) is 6.92 Å². The highest BCUT2D eigenvalue weighted by molar-refractivity contribution is 14.1. The maximum Gasteiger partial charge on any atom is 0.280 e. The maximum absolute atomic E-state index is 11.8. The highest BCUT2D eigenvalue weighted by Crippen LogP contribution is 2.08. The van der Waals surface area contributed by atoms with Crippen molar-refractivity contribution < 1.29 is 4.79 Å². The van der Waals surface area contributed by atoms with Gasteiger partial charge in [-0.1, -0.05) is 0 Å². The fourth-order valence-corrected chi connectivity index (χ4v) is 1.51. The first-order valence-corrected chi connectivity index (χ1v) is 5.83. The molecule has 5 nitrogen and oxygen atoms in total. The zero-order valence-corrected chi connectivity index (χ0v) is 11.6. The second-order valence-corrected chi connectivity index (χ2v) is 4.62. The minimum absolute atomic E-state index is 0.0647. The summed E-state index contributed by atoms with van der Waals surface area (Å²) in [5.74, 6) is 0.757. The number of carbonyl (C=O) groups is 1. The molecule has 0 fully saturated rings. The molecule has 88 valence electrons. The van der Waals surface area contributed by atoms with Gasteiger partial charge in [-0.3, -0.25) is 9.59 Å². The van der Waals surface area contributed by atoms with E-state index in [1.165, 1.54) is 6.07 Å². The van der Waals surface area contributed by atoms with Gasteiger partial charge >= 0.3 is 0 Å². The fourth-order valence-electron chi connectivity index (χ4n) is 1.32. The van der Waals surface area contributed by atoms with E-state index in [0.29, 0.717) is 5.56 Å². The van der Waals surface area contributed by atoms with Crippen molar-refractivity contribution in [3.63, 3.8) is 0 Å². The summed E-state index contributed by atoms with van der Waals surface area (Å²) in [6.07, 6.45) is 0. The molecule has 0 saturated heterocycles. The van der Waals surface area contributed by atoms with Gasteiger partial charge in [0, 0.05) is 60.6 Å². The van der Waals surface area contributed by atoms with Gasteiger partial charge in [-0.15, -0.1) is 0 Å². The van der Waals surface area contributed by atoms with Crippen molar-refractivity contribution in [1.29, 1.82) is 0 Å². The number of amides is 1. The lowest BCUT2D eigenvalue weighted by Crippen LogP contribution is -2.24. The van der Waals surface area contributed by atoms with Crippen molar-refractivity contribution in [1.82, 2.24) is 10.3 Å². The summed E-state index contributed by atoms with van der Waals surface area (Å²) < 4.78 is -0.173. The number of H-pyrrole nitrogens is 1. The number of aromatic nitrogens is 1. The van der Waals surface area contributed by atoms with E-state index >= 15 is 0 Å². The van der Waals surface area contributed by atoms with E-state index in [0.717, 1.165) is 11.5 Å². The summed E-state index contributed by atoms with van der Waals surface area (Å²) in [5.41, 5.74) is 1.31. The van der Waals surface area contributed by atoms with Crippen molar-refractivity contribution in [3.8, 4) is 0 Å². The average Bonchev–Trinajstić information content (AvgIpc) is 2.15. The maximum atomic E-state index is 11.8. The minimum Gasteiger partial charge on any atom is -0.364 e. The van der Waals surface area contributed by atoms with Gasteiger partial charge in [0.05, 0.1) is 0 Å². The van der Waals surface area contributed by atoms with E-state index in [-0.39, 0.29) is 15.9 Å². The highest BCUT2D eigenvalue weighted by Gasteiger charge is 2.08. The topological polar surface area (TPSA) is 65.2 Å². The molecule has 0 aliphatic carbocycles. The Morgan fingerprint density at radius 3 is 2.62 bits per heavy atom. The quantitative estimate of drug-likeness (QED) is 0.499. The normalized spacial score (nSPS) is 10.0. The second kappa shape index (κ2) is 5.33. The monoisotopic (exact) mass is 335 g/mol. The SMILES string of the molecule is Cc1[nH]c(N(C)C)cc(=O)c1CNC(=O)I. The third-order valence-electron chi connectivity index (χ3n) is 2.22. The molecular weight excluding hydrogens is 321 g/mol. The van der Waals surface area contributed by atoms with Crippen LogP contribution in [0.4, 0.5) is 10.6 Å². The Hall–Kier alpha value is -1.05. The van der Waals surface area contributed by atoms with E-state index < -0.39 is 0 Å². The van der Waals surface area contributed by atoms with Crippen LogP contribution in [-0.4, -0.2) is 23.0 Å². The van der Waals surface area contributed by atoms with Crippen molar-refractivity contribution in [3.05, 3.63) is 27.5 Å². The number of hydrogen-bond acceptors (Lipinski definition) is 3. The average molecular weight is 335 g/mol. The lowest BCUT2D eigenvalue weighted by molar-refractivity contribution is 0.262. The van der Waals surface area contributed by atoms with Crippen LogP contribution in [0.2, 0.25) is 0 Å². The molecule has 1 heterocycles. The Balaban J connectivity index is 3.03. The van der Waals surface area contributed by atoms with Crippen molar-refractivity contribution in [2.24, 2.45) is 0 Å². The molecule has 1 amide bonds. The van der Waals surface area contributed by atoms with Crippen LogP contribution < -0.4 is 15.6 Å². The molecule has 16 heavy (non-hydrogen) atoms. The molecule has 0 aliphatic rings. The predicted octanol–water partition coefficient (Wildman–Crippen LogP) is 1.39. The number of halogens is 1. The smallest absolute Gasteiger partial charge is 0.280 e. The molecule has 0 aliphatic heterocycles. The first kappa shape index (κ1) is 13.0. The van der Waals surface area contributed by atoms with Crippen LogP contribution in [0.25, 0.3) is 0 Å². The summed E-state index contributed by atoms with van der Waals surface area (Å²) in [6, 6.07) is 1.53. The van der Waals surface area contributed by atoms with Gasteiger partial charge in [0.1, 0.15) is 5.82 Å². The van der Waals surface area contributed by atoms with Gasteiger partial charge in [0.25, 0.3) is 3.91 Å². The number of rotatable bonds is 3. The van der Waals surface area contributed by atoms with E-state index in [1.54, 1.807) is 22.6 Å². The van der Waals surface area contributed by atoms with E-state index in [1.807, 2.05) is 25.9 Å². The Morgan fingerprint density at radius 1 is 1.56 bits per heavy atom. The van der Waals surface area contributed by atoms with Crippen molar-refractivity contribution in [2.45, 2.75) is 13.5 Å². The Kier molecular flexibility index (Phi) is 4.34. The number of hydrogen-bond donors (Lipinski definition) is 2. The molecule has 0 spiro atoms. The third-order valence-corrected chi connectivity index (χ3v) is 2.60. The lowest BCUT2D eigenvalue weighted by Gasteiger charge is -2.14. The molecule has 0 unspecified atom stereocenters. The number of aryl methyl sites for hydroxylation is 1. The number of pyridine rings is 1. The molecule has 0 aromatic carbocycles. The predicted molar refractivity (Wildman–Crippen MR) is 72.4 cm³/mol. The number of anilines is 1. The summed E-state index contributed by atoms with van der Waals surface area (Å²) in [7, 11) is 3.72.